The quantitative estimate of drug-likeness (QED) is 0.923. The number of fused-ring (bicyclic) bond motifs is 1. The van der Waals surface area contributed by atoms with Gasteiger partial charge in [-0.05, 0) is 62.1 Å². The molecule has 1 aliphatic rings. The summed E-state index contributed by atoms with van der Waals surface area (Å²) in [5.74, 6) is -0.0398. The maximum Gasteiger partial charge on any atom is 0.258 e. The van der Waals surface area contributed by atoms with Gasteiger partial charge in [0.1, 0.15) is 0 Å². The second-order valence-electron chi connectivity index (χ2n) is 6.55. The minimum Gasteiger partial charge on any atom is -0.350 e. The normalized spacial score (nSPS) is 14.6. The van der Waals surface area contributed by atoms with Gasteiger partial charge in [0.05, 0.1) is 0 Å². The fourth-order valence-corrected chi connectivity index (χ4v) is 3.10. The summed E-state index contributed by atoms with van der Waals surface area (Å²) in [5.41, 5.74) is 3.33. The van der Waals surface area contributed by atoms with Crippen molar-refractivity contribution in [2.45, 2.75) is 39.2 Å². The Balaban J connectivity index is 1.85. The van der Waals surface area contributed by atoms with Gasteiger partial charge in [-0.1, -0.05) is 25.1 Å². The van der Waals surface area contributed by atoms with E-state index in [1.807, 2.05) is 67.3 Å². The number of anilines is 1. The predicted octanol–water partition coefficient (Wildman–Crippen LogP) is 3.81. The molecule has 1 N–H and O–H groups in total. The van der Waals surface area contributed by atoms with Crippen LogP contribution in [0.4, 0.5) is 5.69 Å². The second-order valence-corrected chi connectivity index (χ2v) is 6.55. The van der Waals surface area contributed by atoms with E-state index in [-0.39, 0.29) is 17.9 Å². The number of hydrogen-bond acceptors (Lipinski definition) is 2. The Morgan fingerprint density at radius 2 is 1.88 bits per heavy atom. The Labute approximate surface area is 148 Å². The van der Waals surface area contributed by atoms with E-state index in [1.165, 1.54) is 0 Å². The Kier molecular flexibility index (Phi) is 5.17. The first-order chi connectivity index (χ1) is 12.1. The van der Waals surface area contributed by atoms with Crippen molar-refractivity contribution in [3.8, 4) is 0 Å². The number of amides is 2. The van der Waals surface area contributed by atoms with Crippen molar-refractivity contribution in [1.82, 2.24) is 5.32 Å². The zero-order valence-electron chi connectivity index (χ0n) is 14.8. The van der Waals surface area contributed by atoms with Crippen molar-refractivity contribution in [1.29, 1.82) is 0 Å². The number of carbonyl (C=O) groups excluding carboxylic acids is 2. The third-order valence-electron chi connectivity index (χ3n) is 4.72. The molecule has 2 aromatic rings. The van der Waals surface area contributed by atoms with E-state index in [0.717, 1.165) is 30.5 Å². The first-order valence-electron chi connectivity index (χ1n) is 8.91. The lowest BCUT2D eigenvalue weighted by Gasteiger charge is -2.30. The van der Waals surface area contributed by atoms with Gasteiger partial charge < -0.3 is 10.2 Å². The number of rotatable bonds is 4. The molecule has 0 bridgehead atoms. The van der Waals surface area contributed by atoms with Crippen LogP contribution in [0.3, 0.4) is 0 Å². The summed E-state index contributed by atoms with van der Waals surface area (Å²) in [6.07, 6.45) is 2.69. The topological polar surface area (TPSA) is 49.4 Å². The summed E-state index contributed by atoms with van der Waals surface area (Å²) >= 11 is 0. The van der Waals surface area contributed by atoms with Crippen LogP contribution in [0.5, 0.6) is 0 Å². The fraction of sp³-hybridized carbons (Fsp3) is 0.333. The maximum atomic E-state index is 12.8. The number of aryl methyl sites for hydroxylation is 1. The van der Waals surface area contributed by atoms with E-state index >= 15 is 0 Å². The lowest BCUT2D eigenvalue weighted by atomic mass is 9.98. The monoisotopic (exact) mass is 336 g/mol. The number of hydrogen-bond donors (Lipinski definition) is 1. The Bertz CT molecular complexity index is 771. The third-order valence-corrected chi connectivity index (χ3v) is 4.72. The molecule has 0 aliphatic carbocycles. The molecule has 1 aliphatic heterocycles. The van der Waals surface area contributed by atoms with Crippen molar-refractivity contribution in [3.63, 3.8) is 0 Å². The highest BCUT2D eigenvalue weighted by atomic mass is 16.2. The first-order valence-corrected chi connectivity index (χ1v) is 8.91. The summed E-state index contributed by atoms with van der Waals surface area (Å²) in [6.45, 7) is 4.75. The lowest BCUT2D eigenvalue weighted by Crippen LogP contribution is -2.36. The molecular weight excluding hydrogens is 312 g/mol. The van der Waals surface area contributed by atoms with Gasteiger partial charge in [-0.25, -0.2) is 0 Å². The van der Waals surface area contributed by atoms with Gasteiger partial charge in [-0.2, -0.15) is 0 Å². The molecule has 25 heavy (non-hydrogen) atoms. The fourth-order valence-electron chi connectivity index (χ4n) is 3.10. The van der Waals surface area contributed by atoms with Crippen LogP contribution in [0.1, 0.15) is 53.0 Å². The van der Waals surface area contributed by atoms with Crippen molar-refractivity contribution >= 4 is 17.5 Å². The molecule has 2 aromatic carbocycles. The molecule has 1 unspecified atom stereocenters. The van der Waals surface area contributed by atoms with Crippen LogP contribution in [0, 0.1) is 0 Å². The smallest absolute Gasteiger partial charge is 0.258 e. The van der Waals surface area contributed by atoms with Crippen molar-refractivity contribution in [2.24, 2.45) is 0 Å². The van der Waals surface area contributed by atoms with Crippen molar-refractivity contribution in [3.05, 3.63) is 65.2 Å². The maximum absolute atomic E-state index is 12.8. The molecule has 4 heteroatoms. The minimum absolute atomic E-state index is 0.0124. The van der Waals surface area contributed by atoms with Gasteiger partial charge in [-0.15, -0.1) is 0 Å². The largest absolute Gasteiger partial charge is 0.350 e. The Morgan fingerprint density at radius 1 is 1.12 bits per heavy atom. The average molecular weight is 336 g/mol. The molecule has 2 amide bonds. The van der Waals surface area contributed by atoms with Crippen LogP contribution < -0.4 is 10.2 Å². The van der Waals surface area contributed by atoms with Crippen LogP contribution in [0.2, 0.25) is 0 Å². The van der Waals surface area contributed by atoms with Crippen molar-refractivity contribution < 1.29 is 9.59 Å². The molecule has 0 radical (unpaired) electrons. The first kappa shape index (κ1) is 17.2. The molecule has 0 aromatic heterocycles. The van der Waals surface area contributed by atoms with Gasteiger partial charge in [0, 0.05) is 29.4 Å². The molecule has 4 nitrogen and oxygen atoms in total. The highest BCUT2D eigenvalue weighted by molar-refractivity contribution is 6.07. The molecule has 0 fully saturated rings. The summed E-state index contributed by atoms with van der Waals surface area (Å²) in [6, 6.07) is 15.1. The van der Waals surface area contributed by atoms with Crippen LogP contribution in [-0.2, 0) is 6.42 Å². The van der Waals surface area contributed by atoms with Gasteiger partial charge in [-0.3, -0.25) is 9.59 Å². The van der Waals surface area contributed by atoms with Gasteiger partial charge >= 0.3 is 0 Å². The summed E-state index contributed by atoms with van der Waals surface area (Å²) in [5, 5.41) is 2.99. The molecule has 1 heterocycles. The van der Waals surface area contributed by atoms with E-state index in [0.29, 0.717) is 17.7 Å². The van der Waals surface area contributed by atoms with E-state index in [1.54, 1.807) is 0 Å². The zero-order chi connectivity index (χ0) is 17.8. The third kappa shape index (κ3) is 3.73. The SMILES string of the molecule is CCC(C)NC(=O)c1ccc2c(c1)CCCN2C(=O)c1ccccc1. The van der Waals surface area contributed by atoms with Gasteiger partial charge in [0.25, 0.3) is 11.8 Å². The molecule has 130 valence electrons. The number of benzene rings is 2. The molecule has 0 saturated carbocycles. The molecule has 0 saturated heterocycles. The standard InChI is InChI=1S/C21H24N2O2/c1-3-15(2)22-20(24)18-11-12-19-17(14-18)10-7-13-23(19)21(25)16-8-5-4-6-9-16/h4-6,8-9,11-12,14-15H,3,7,10,13H2,1-2H3,(H,22,24). The van der Waals surface area contributed by atoms with Crippen LogP contribution in [0.25, 0.3) is 0 Å². The molecule has 3 rings (SSSR count). The Morgan fingerprint density at radius 3 is 2.60 bits per heavy atom. The van der Waals surface area contributed by atoms with E-state index in [4.69, 9.17) is 0 Å². The summed E-state index contributed by atoms with van der Waals surface area (Å²) in [7, 11) is 0. The molecule has 1 atom stereocenters. The highest BCUT2D eigenvalue weighted by Gasteiger charge is 2.24. The van der Waals surface area contributed by atoms with E-state index in [2.05, 4.69) is 5.32 Å². The minimum atomic E-state index is -0.0522. The summed E-state index contributed by atoms with van der Waals surface area (Å²) < 4.78 is 0. The second kappa shape index (κ2) is 7.51. The lowest BCUT2D eigenvalue weighted by molar-refractivity contribution is 0.0938. The Hall–Kier alpha value is -2.62. The van der Waals surface area contributed by atoms with Crippen molar-refractivity contribution in [2.75, 3.05) is 11.4 Å². The zero-order valence-corrected chi connectivity index (χ0v) is 14.8. The van der Waals surface area contributed by atoms with Crippen LogP contribution in [-0.4, -0.2) is 24.4 Å². The molecule has 0 spiro atoms. The van der Waals surface area contributed by atoms with Gasteiger partial charge in [0.2, 0.25) is 0 Å². The molecular formula is C21H24N2O2. The van der Waals surface area contributed by atoms with Crippen LogP contribution in [0.15, 0.2) is 48.5 Å². The highest BCUT2D eigenvalue weighted by Crippen LogP contribution is 2.29. The van der Waals surface area contributed by atoms with Crippen LogP contribution >= 0.6 is 0 Å². The number of carbonyl (C=O) groups is 2. The number of nitrogens with zero attached hydrogens (tertiary/aromatic N) is 1. The predicted molar refractivity (Wildman–Crippen MR) is 100 cm³/mol. The average Bonchev–Trinajstić information content (AvgIpc) is 2.67. The number of nitrogens with one attached hydrogen (secondary N) is 1. The van der Waals surface area contributed by atoms with E-state index in [9.17, 15) is 9.59 Å². The van der Waals surface area contributed by atoms with E-state index < -0.39 is 0 Å². The summed E-state index contributed by atoms with van der Waals surface area (Å²) in [4.78, 5) is 27.0. The van der Waals surface area contributed by atoms with Gasteiger partial charge in [0.15, 0.2) is 0 Å².